The number of amides is 1. The fourth-order valence-corrected chi connectivity index (χ4v) is 1.41. The van der Waals surface area contributed by atoms with Crippen LogP contribution in [-0.2, 0) is 4.79 Å². The Morgan fingerprint density at radius 1 is 1.25 bits per heavy atom. The van der Waals surface area contributed by atoms with E-state index in [1.54, 1.807) is 24.3 Å². The zero-order chi connectivity index (χ0) is 11.8. The molecule has 1 aliphatic carbocycles. The molecule has 1 saturated carbocycles. The van der Waals surface area contributed by atoms with Crippen LogP contribution >= 0.6 is 0 Å². The number of anilines is 1. The van der Waals surface area contributed by atoms with Gasteiger partial charge in [-0.2, -0.15) is 0 Å². The van der Waals surface area contributed by atoms with Crippen LogP contribution < -0.4 is 11.1 Å². The van der Waals surface area contributed by atoms with Crippen molar-refractivity contribution in [3.05, 3.63) is 29.8 Å². The molecule has 4 nitrogen and oxygen atoms in total. The van der Waals surface area contributed by atoms with Crippen LogP contribution in [0.5, 0.6) is 0 Å². The van der Waals surface area contributed by atoms with Crippen LogP contribution in [0.25, 0.3) is 0 Å². The molecule has 1 aliphatic rings. The Morgan fingerprint density at radius 2 is 1.81 bits per heavy atom. The Morgan fingerprint density at radius 3 is 2.25 bits per heavy atom. The summed E-state index contributed by atoms with van der Waals surface area (Å²) >= 11 is 0. The quantitative estimate of drug-likeness (QED) is 0.751. The maximum Gasteiger partial charge on any atom is 0.244 e. The zero-order valence-corrected chi connectivity index (χ0v) is 9.12. The summed E-state index contributed by atoms with van der Waals surface area (Å²) in [7, 11) is 0. The molecule has 0 aliphatic heterocycles. The summed E-state index contributed by atoms with van der Waals surface area (Å²) in [5.74, 6) is -0.140. The van der Waals surface area contributed by atoms with Gasteiger partial charge < -0.3 is 11.1 Å². The van der Waals surface area contributed by atoms with E-state index in [-0.39, 0.29) is 11.7 Å². The molecule has 0 spiro atoms. The second kappa shape index (κ2) is 3.72. The average Bonchev–Trinajstić information content (AvgIpc) is 2.99. The van der Waals surface area contributed by atoms with Crippen LogP contribution in [0.4, 0.5) is 5.69 Å². The molecule has 1 aromatic carbocycles. The van der Waals surface area contributed by atoms with Gasteiger partial charge in [-0.1, -0.05) is 0 Å². The maximum absolute atomic E-state index is 11.6. The van der Waals surface area contributed by atoms with Crippen LogP contribution in [0.3, 0.4) is 0 Å². The van der Waals surface area contributed by atoms with E-state index in [1.165, 1.54) is 6.92 Å². The molecule has 0 unspecified atom stereocenters. The van der Waals surface area contributed by atoms with Crippen LogP contribution in [-0.4, -0.2) is 17.2 Å². The minimum Gasteiger partial charge on any atom is -0.324 e. The summed E-state index contributed by atoms with van der Waals surface area (Å²) in [5, 5.41) is 2.74. The lowest BCUT2D eigenvalue weighted by Crippen LogP contribution is -2.37. The number of nitrogens with two attached hydrogens (primary N) is 1. The van der Waals surface area contributed by atoms with Crippen LogP contribution in [0.2, 0.25) is 0 Å². The molecule has 1 amide bonds. The maximum atomic E-state index is 11.6. The highest BCUT2D eigenvalue weighted by molar-refractivity contribution is 6.00. The second-order valence-electron chi connectivity index (χ2n) is 4.24. The topological polar surface area (TPSA) is 72.2 Å². The van der Waals surface area contributed by atoms with E-state index in [1.807, 2.05) is 0 Å². The van der Waals surface area contributed by atoms with Crippen molar-refractivity contribution in [2.45, 2.75) is 25.3 Å². The smallest absolute Gasteiger partial charge is 0.244 e. The summed E-state index contributed by atoms with van der Waals surface area (Å²) in [6.07, 6.45) is 1.48. The Kier molecular flexibility index (Phi) is 2.52. The first-order chi connectivity index (χ1) is 7.51. The third-order valence-electron chi connectivity index (χ3n) is 2.79. The van der Waals surface area contributed by atoms with Crippen molar-refractivity contribution < 1.29 is 9.59 Å². The second-order valence-corrected chi connectivity index (χ2v) is 4.24. The van der Waals surface area contributed by atoms with E-state index in [4.69, 9.17) is 5.73 Å². The van der Waals surface area contributed by atoms with Crippen molar-refractivity contribution in [1.82, 2.24) is 0 Å². The monoisotopic (exact) mass is 218 g/mol. The Bertz CT molecular complexity index is 433. The molecule has 16 heavy (non-hydrogen) atoms. The molecule has 0 aromatic heterocycles. The number of hydrogen-bond donors (Lipinski definition) is 2. The zero-order valence-electron chi connectivity index (χ0n) is 9.12. The van der Waals surface area contributed by atoms with Gasteiger partial charge in [0.1, 0.15) is 0 Å². The number of Topliss-reactive ketones (excluding diaryl/α,β-unsaturated/α-hetero) is 1. The number of hydrogen-bond acceptors (Lipinski definition) is 3. The van der Waals surface area contributed by atoms with Crippen LogP contribution in [0, 0.1) is 0 Å². The van der Waals surface area contributed by atoms with E-state index in [0.717, 1.165) is 12.8 Å². The first kappa shape index (κ1) is 10.8. The highest BCUT2D eigenvalue weighted by atomic mass is 16.2. The van der Waals surface area contributed by atoms with Gasteiger partial charge in [0, 0.05) is 11.3 Å². The standard InChI is InChI=1S/C12H14N2O2/c1-8(15)9-2-4-10(5-3-9)14-11(16)12(13)6-7-12/h2-5H,6-7,13H2,1H3,(H,14,16). The van der Waals surface area contributed by atoms with Gasteiger partial charge in [0.15, 0.2) is 5.78 Å². The predicted molar refractivity (Wildman–Crippen MR) is 61.2 cm³/mol. The third kappa shape index (κ3) is 2.12. The first-order valence-electron chi connectivity index (χ1n) is 5.23. The molecule has 0 saturated heterocycles. The highest BCUT2D eigenvalue weighted by Gasteiger charge is 2.45. The van der Waals surface area contributed by atoms with Gasteiger partial charge in [-0.05, 0) is 44.0 Å². The minimum absolute atomic E-state index is 0.00960. The Balaban J connectivity index is 2.05. The van der Waals surface area contributed by atoms with E-state index in [2.05, 4.69) is 5.32 Å². The first-order valence-corrected chi connectivity index (χ1v) is 5.23. The lowest BCUT2D eigenvalue weighted by molar-refractivity contribution is -0.118. The summed E-state index contributed by atoms with van der Waals surface area (Å²) in [6, 6.07) is 6.79. The molecule has 0 bridgehead atoms. The number of ketones is 1. The van der Waals surface area contributed by atoms with Crippen molar-refractivity contribution >= 4 is 17.4 Å². The highest BCUT2D eigenvalue weighted by Crippen LogP contribution is 2.33. The molecule has 0 heterocycles. The Hall–Kier alpha value is -1.68. The number of rotatable bonds is 3. The van der Waals surface area contributed by atoms with Gasteiger partial charge in [0.05, 0.1) is 5.54 Å². The number of nitrogens with one attached hydrogen (secondary N) is 1. The third-order valence-corrected chi connectivity index (χ3v) is 2.79. The fourth-order valence-electron chi connectivity index (χ4n) is 1.41. The van der Waals surface area contributed by atoms with E-state index < -0.39 is 5.54 Å². The molecule has 1 aromatic rings. The summed E-state index contributed by atoms with van der Waals surface area (Å²) in [5.41, 5.74) is 6.39. The van der Waals surface area contributed by atoms with Gasteiger partial charge in [0.2, 0.25) is 5.91 Å². The summed E-state index contributed by atoms with van der Waals surface area (Å²) in [4.78, 5) is 22.7. The van der Waals surface area contributed by atoms with Gasteiger partial charge in [-0.25, -0.2) is 0 Å². The van der Waals surface area contributed by atoms with Gasteiger partial charge in [0.25, 0.3) is 0 Å². The molecular formula is C12H14N2O2. The summed E-state index contributed by atoms with van der Waals surface area (Å²) in [6.45, 7) is 1.51. The van der Waals surface area contributed by atoms with Crippen molar-refractivity contribution in [2.24, 2.45) is 5.73 Å². The normalized spacial score (nSPS) is 16.6. The minimum atomic E-state index is -0.667. The number of carbonyl (C=O) groups excluding carboxylic acids is 2. The number of carbonyl (C=O) groups is 2. The molecule has 3 N–H and O–H groups in total. The van der Waals surface area contributed by atoms with Crippen LogP contribution in [0.15, 0.2) is 24.3 Å². The molecule has 0 radical (unpaired) electrons. The van der Waals surface area contributed by atoms with E-state index >= 15 is 0 Å². The predicted octanol–water partition coefficient (Wildman–Crippen LogP) is 1.32. The van der Waals surface area contributed by atoms with Gasteiger partial charge >= 0.3 is 0 Å². The molecule has 0 atom stereocenters. The lowest BCUT2D eigenvalue weighted by atomic mass is 10.1. The van der Waals surface area contributed by atoms with Crippen molar-refractivity contribution in [1.29, 1.82) is 0 Å². The molecule has 4 heteroatoms. The average molecular weight is 218 g/mol. The fraction of sp³-hybridized carbons (Fsp3) is 0.333. The van der Waals surface area contributed by atoms with Crippen LogP contribution in [0.1, 0.15) is 30.1 Å². The number of benzene rings is 1. The van der Waals surface area contributed by atoms with Crippen molar-refractivity contribution in [3.63, 3.8) is 0 Å². The SMILES string of the molecule is CC(=O)c1ccc(NC(=O)C2(N)CC2)cc1. The van der Waals surface area contributed by atoms with Gasteiger partial charge in [-0.3, -0.25) is 9.59 Å². The van der Waals surface area contributed by atoms with Gasteiger partial charge in [-0.15, -0.1) is 0 Å². The molecule has 84 valence electrons. The van der Waals surface area contributed by atoms with E-state index in [9.17, 15) is 9.59 Å². The van der Waals surface area contributed by atoms with Crippen molar-refractivity contribution in [2.75, 3.05) is 5.32 Å². The Labute approximate surface area is 93.8 Å². The summed E-state index contributed by atoms with van der Waals surface area (Å²) < 4.78 is 0. The van der Waals surface area contributed by atoms with Crippen molar-refractivity contribution in [3.8, 4) is 0 Å². The molecular weight excluding hydrogens is 204 g/mol. The lowest BCUT2D eigenvalue weighted by Gasteiger charge is -2.10. The molecule has 1 fully saturated rings. The van der Waals surface area contributed by atoms with E-state index in [0.29, 0.717) is 11.3 Å². The molecule has 2 rings (SSSR count). The largest absolute Gasteiger partial charge is 0.324 e.